The van der Waals surface area contributed by atoms with E-state index >= 15 is 0 Å². The summed E-state index contributed by atoms with van der Waals surface area (Å²) in [5.41, 5.74) is 6.33. The van der Waals surface area contributed by atoms with Gasteiger partial charge in [-0.25, -0.2) is 0 Å². The number of ether oxygens (including phenoxy) is 1. The van der Waals surface area contributed by atoms with Gasteiger partial charge in [-0.05, 0) is 38.6 Å². The highest BCUT2D eigenvalue weighted by molar-refractivity contribution is 4.95. The fourth-order valence-corrected chi connectivity index (χ4v) is 3.28. The largest absolute Gasteiger partial charge is 0.381 e. The van der Waals surface area contributed by atoms with Crippen molar-refractivity contribution in [2.24, 2.45) is 11.7 Å². The molecule has 94 valence electrons. The zero-order chi connectivity index (χ0) is 11.4. The number of likely N-dealkylation sites (N-methyl/N-ethyl adjacent to an activating group) is 1. The summed E-state index contributed by atoms with van der Waals surface area (Å²) in [4.78, 5) is 2.55. The van der Waals surface area contributed by atoms with Crippen molar-refractivity contribution in [3.8, 4) is 0 Å². The quantitative estimate of drug-likeness (QED) is 0.791. The normalized spacial score (nSPS) is 26.4. The molecule has 1 saturated carbocycles. The average Bonchev–Trinajstić information content (AvgIpc) is 2.80. The van der Waals surface area contributed by atoms with E-state index in [9.17, 15) is 0 Å². The summed E-state index contributed by atoms with van der Waals surface area (Å²) in [6, 6.07) is 0. The molecule has 1 heterocycles. The molecule has 0 radical (unpaired) electrons. The Labute approximate surface area is 99.3 Å². The van der Waals surface area contributed by atoms with Crippen molar-refractivity contribution < 1.29 is 4.74 Å². The minimum atomic E-state index is 0.318. The molecule has 3 heteroatoms. The van der Waals surface area contributed by atoms with Crippen LogP contribution < -0.4 is 5.73 Å². The lowest BCUT2D eigenvalue weighted by Crippen LogP contribution is -2.51. The highest BCUT2D eigenvalue weighted by Crippen LogP contribution is 2.34. The van der Waals surface area contributed by atoms with Gasteiger partial charge in [-0.2, -0.15) is 0 Å². The van der Waals surface area contributed by atoms with Gasteiger partial charge in [0.15, 0.2) is 0 Å². The SMILES string of the molecule is CN(CC1CCOCC1)C1(CN)CCCC1. The third kappa shape index (κ3) is 2.58. The first-order chi connectivity index (χ1) is 7.77. The smallest absolute Gasteiger partial charge is 0.0469 e. The van der Waals surface area contributed by atoms with Crippen LogP contribution in [-0.4, -0.2) is 43.8 Å². The molecule has 0 amide bonds. The van der Waals surface area contributed by atoms with E-state index in [2.05, 4.69) is 11.9 Å². The van der Waals surface area contributed by atoms with Gasteiger partial charge in [0.05, 0.1) is 0 Å². The Morgan fingerprint density at radius 2 is 1.88 bits per heavy atom. The highest BCUT2D eigenvalue weighted by atomic mass is 16.5. The molecular formula is C13H26N2O. The van der Waals surface area contributed by atoms with E-state index in [1.807, 2.05) is 0 Å². The summed E-state index contributed by atoms with van der Waals surface area (Å²) in [5.74, 6) is 0.822. The summed E-state index contributed by atoms with van der Waals surface area (Å²) < 4.78 is 5.42. The molecule has 1 aliphatic carbocycles. The molecule has 0 aromatic rings. The van der Waals surface area contributed by atoms with Crippen molar-refractivity contribution in [1.29, 1.82) is 0 Å². The van der Waals surface area contributed by atoms with Crippen LogP contribution in [0.3, 0.4) is 0 Å². The lowest BCUT2D eigenvalue weighted by Gasteiger charge is -2.40. The zero-order valence-corrected chi connectivity index (χ0v) is 10.6. The lowest BCUT2D eigenvalue weighted by atomic mass is 9.92. The molecule has 0 spiro atoms. The molecule has 2 rings (SSSR count). The molecule has 0 aromatic heterocycles. The Morgan fingerprint density at radius 3 is 2.44 bits per heavy atom. The van der Waals surface area contributed by atoms with Gasteiger partial charge in [0.25, 0.3) is 0 Å². The fraction of sp³-hybridized carbons (Fsp3) is 1.00. The van der Waals surface area contributed by atoms with E-state index in [0.717, 1.165) is 25.7 Å². The summed E-state index contributed by atoms with van der Waals surface area (Å²) in [6.07, 6.45) is 7.76. The first kappa shape index (κ1) is 12.3. The van der Waals surface area contributed by atoms with Gasteiger partial charge in [-0.15, -0.1) is 0 Å². The lowest BCUT2D eigenvalue weighted by molar-refractivity contribution is 0.0354. The van der Waals surface area contributed by atoms with Crippen molar-refractivity contribution in [3.05, 3.63) is 0 Å². The maximum absolute atomic E-state index is 6.01. The van der Waals surface area contributed by atoms with E-state index in [1.54, 1.807) is 0 Å². The van der Waals surface area contributed by atoms with Gasteiger partial charge in [-0.3, -0.25) is 4.90 Å². The molecule has 1 saturated heterocycles. The van der Waals surface area contributed by atoms with Crippen LogP contribution in [0.25, 0.3) is 0 Å². The molecule has 2 fully saturated rings. The molecule has 1 aliphatic heterocycles. The molecule has 0 bridgehead atoms. The minimum Gasteiger partial charge on any atom is -0.381 e. The van der Waals surface area contributed by atoms with Crippen LogP contribution >= 0.6 is 0 Å². The van der Waals surface area contributed by atoms with Gasteiger partial charge in [0, 0.05) is 31.8 Å². The molecule has 2 aliphatic rings. The van der Waals surface area contributed by atoms with E-state index in [1.165, 1.54) is 45.1 Å². The van der Waals surface area contributed by atoms with Crippen molar-refractivity contribution in [2.75, 3.05) is 33.4 Å². The number of hydrogen-bond acceptors (Lipinski definition) is 3. The monoisotopic (exact) mass is 226 g/mol. The third-order valence-electron chi connectivity index (χ3n) is 4.60. The Balaban J connectivity index is 1.87. The van der Waals surface area contributed by atoms with Crippen molar-refractivity contribution in [2.45, 2.75) is 44.1 Å². The summed E-state index contributed by atoms with van der Waals surface area (Å²) in [6.45, 7) is 3.94. The van der Waals surface area contributed by atoms with Crippen LogP contribution in [-0.2, 0) is 4.74 Å². The van der Waals surface area contributed by atoms with Gasteiger partial charge in [0.1, 0.15) is 0 Å². The van der Waals surface area contributed by atoms with Crippen LogP contribution in [0.1, 0.15) is 38.5 Å². The second kappa shape index (κ2) is 5.48. The molecule has 0 unspecified atom stereocenters. The van der Waals surface area contributed by atoms with Crippen molar-refractivity contribution in [1.82, 2.24) is 4.90 Å². The summed E-state index contributed by atoms with van der Waals surface area (Å²) >= 11 is 0. The standard InChI is InChI=1S/C13H26N2O/c1-15(10-12-4-8-16-9-5-12)13(11-14)6-2-3-7-13/h12H,2-11,14H2,1H3. The third-order valence-corrected chi connectivity index (χ3v) is 4.60. The molecule has 2 N–H and O–H groups in total. The first-order valence-electron chi connectivity index (χ1n) is 6.76. The predicted molar refractivity (Wildman–Crippen MR) is 66.4 cm³/mol. The molecular weight excluding hydrogens is 200 g/mol. The average molecular weight is 226 g/mol. The van der Waals surface area contributed by atoms with Crippen molar-refractivity contribution in [3.63, 3.8) is 0 Å². The van der Waals surface area contributed by atoms with Crippen LogP contribution in [0.15, 0.2) is 0 Å². The first-order valence-corrected chi connectivity index (χ1v) is 6.76. The molecule has 16 heavy (non-hydrogen) atoms. The van der Waals surface area contributed by atoms with Crippen LogP contribution in [0.5, 0.6) is 0 Å². The number of nitrogens with two attached hydrogens (primary N) is 1. The number of rotatable bonds is 4. The fourth-order valence-electron chi connectivity index (χ4n) is 3.28. The molecule has 3 nitrogen and oxygen atoms in total. The predicted octanol–water partition coefficient (Wildman–Crippen LogP) is 1.62. The maximum atomic E-state index is 6.01. The number of nitrogens with zero attached hydrogens (tertiary/aromatic N) is 1. The van der Waals surface area contributed by atoms with Gasteiger partial charge >= 0.3 is 0 Å². The van der Waals surface area contributed by atoms with E-state index in [4.69, 9.17) is 10.5 Å². The van der Waals surface area contributed by atoms with Crippen molar-refractivity contribution >= 4 is 0 Å². The van der Waals surface area contributed by atoms with Crippen LogP contribution in [0.4, 0.5) is 0 Å². The summed E-state index contributed by atoms with van der Waals surface area (Å²) in [7, 11) is 2.27. The Morgan fingerprint density at radius 1 is 1.25 bits per heavy atom. The Kier molecular flexibility index (Phi) is 4.22. The van der Waals surface area contributed by atoms with E-state index < -0.39 is 0 Å². The molecule has 0 aromatic carbocycles. The van der Waals surface area contributed by atoms with Gasteiger partial charge in [-0.1, -0.05) is 12.8 Å². The zero-order valence-electron chi connectivity index (χ0n) is 10.6. The highest BCUT2D eigenvalue weighted by Gasteiger charge is 2.37. The van der Waals surface area contributed by atoms with Gasteiger partial charge in [0.2, 0.25) is 0 Å². The maximum Gasteiger partial charge on any atom is 0.0469 e. The second-order valence-electron chi connectivity index (χ2n) is 5.57. The Bertz CT molecular complexity index is 208. The summed E-state index contributed by atoms with van der Waals surface area (Å²) in [5, 5.41) is 0. The van der Waals surface area contributed by atoms with Gasteiger partial charge < -0.3 is 10.5 Å². The molecule has 0 atom stereocenters. The van der Waals surface area contributed by atoms with E-state index in [0.29, 0.717) is 5.54 Å². The number of hydrogen-bond donors (Lipinski definition) is 1. The van der Waals surface area contributed by atoms with E-state index in [-0.39, 0.29) is 0 Å². The minimum absolute atomic E-state index is 0.318. The van der Waals surface area contributed by atoms with Crippen LogP contribution in [0, 0.1) is 5.92 Å². The Hall–Kier alpha value is -0.120. The topological polar surface area (TPSA) is 38.5 Å². The second-order valence-corrected chi connectivity index (χ2v) is 5.57. The van der Waals surface area contributed by atoms with Crippen LogP contribution in [0.2, 0.25) is 0 Å².